The summed E-state index contributed by atoms with van der Waals surface area (Å²) >= 11 is 1.53. The minimum Gasteiger partial charge on any atom is -0.497 e. The smallest absolute Gasteiger partial charge is 0.317 e. The molecule has 1 fully saturated rings. The van der Waals surface area contributed by atoms with Gasteiger partial charge in [0, 0.05) is 23.8 Å². The van der Waals surface area contributed by atoms with E-state index in [0.29, 0.717) is 13.1 Å². The highest BCUT2D eigenvalue weighted by Crippen LogP contribution is 2.34. The average Bonchev–Trinajstić information content (AvgIpc) is 2.82. The number of hydrogen-bond acceptors (Lipinski definition) is 5. The second kappa shape index (κ2) is 8.27. The Morgan fingerprint density at radius 3 is 2.81 bits per heavy atom. The highest BCUT2D eigenvalue weighted by molar-refractivity contribution is 7.21. The van der Waals surface area contributed by atoms with Gasteiger partial charge in [0.25, 0.3) is 5.91 Å². The Hall–Kier alpha value is -2.12. The van der Waals surface area contributed by atoms with E-state index in [1.54, 1.807) is 7.11 Å². The van der Waals surface area contributed by atoms with Crippen LogP contribution < -0.4 is 4.74 Å². The Bertz CT molecular complexity index is 848. The van der Waals surface area contributed by atoms with Gasteiger partial charge in [-0.2, -0.15) is 0 Å². The first kappa shape index (κ1) is 19.6. The number of likely N-dealkylation sites (N-methyl/N-ethyl adjacent to an activating group) is 1. The van der Waals surface area contributed by atoms with Gasteiger partial charge in [-0.25, -0.2) is 0 Å². The molecule has 1 atom stereocenters. The first-order valence-electron chi connectivity index (χ1n) is 9.19. The summed E-state index contributed by atoms with van der Waals surface area (Å²) < 4.78 is 6.39. The third-order valence-electron chi connectivity index (χ3n) is 5.33. The third kappa shape index (κ3) is 4.25. The largest absolute Gasteiger partial charge is 0.497 e. The number of fused-ring (bicyclic) bond motifs is 1. The van der Waals surface area contributed by atoms with Gasteiger partial charge in [0.2, 0.25) is 0 Å². The van der Waals surface area contributed by atoms with Crippen molar-refractivity contribution in [3.8, 4) is 5.75 Å². The zero-order valence-corrected chi connectivity index (χ0v) is 16.8. The second-order valence-corrected chi connectivity index (χ2v) is 8.16. The van der Waals surface area contributed by atoms with Gasteiger partial charge >= 0.3 is 5.97 Å². The van der Waals surface area contributed by atoms with Crippen LogP contribution in [0.4, 0.5) is 0 Å². The van der Waals surface area contributed by atoms with Gasteiger partial charge in [0.15, 0.2) is 0 Å². The molecule has 6 nitrogen and oxygen atoms in total. The summed E-state index contributed by atoms with van der Waals surface area (Å²) in [5.74, 6) is 0.0571. The Kier molecular flexibility index (Phi) is 6.01. The van der Waals surface area contributed by atoms with E-state index in [1.165, 1.54) is 11.3 Å². The van der Waals surface area contributed by atoms with E-state index in [2.05, 4.69) is 0 Å². The predicted octanol–water partition coefficient (Wildman–Crippen LogP) is 3.23. The fraction of sp³-hybridized carbons (Fsp3) is 0.500. The predicted molar refractivity (Wildman–Crippen MR) is 107 cm³/mol. The van der Waals surface area contributed by atoms with E-state index in [-0.39, 0.29) is 18.5 Å². The molecule has 146 valence electrons. The molecule has 1 aromatic heterocycles. The van der Waals surface area contributed by atoms with Crippen molar-refractivity contribution < 1.29 is 19.4 Å². The molecule has 1 aliphatic rings. The van der Waals surface area contributed by atoms with E-state index in [4.69, 9.17) is 9.84 Å². The topological polar surface area (TPSA) is 70.1 Å². The van der Waals surface area contributed by atoms with Gasteiger partial charge in [0.1, 0.15) is 5.75 Å². The van der Waals surface area contributed by atoms with E-state index >= 15 is 0 Å². The fourth-order valence-electron chi connectivity index (χ4n) is 3.74. The molecule has 2 heterocycles. The molecule has 0 unspecified atom stereocenters. The van der Waals surface area contributed by atoms with Crippen molar-refractivity contribution in [2.24, 2.45) is 0 Å². The molecular weight excluding hydrogens is 364 g/mol. The maximum absolute atomic E-state index is 13.1. The van der Waals surface area contributed by atoms with Crippen LogP contribution in [0.1, 0.15) is 34.5 Å². The monoisotopic (exact) mass is 390 g/mol. The number of likely N-dealkylation sites (tertiary alicyclic amines) is 1. The van der Waals surface area contributed by atoms with Crippen molar-refractivity contribution in [3.63, 3.8) is 0 Å². The van der Waals surface area contributed by atoms with E-state index < -0.39 is 5.97 Å². The van der Waals surface area contributed by atoms with Gasteiger partial charge < -0.3 is 14.7 Å². The summed E-state index contributed by atoms with van der Waals surface area (Å²) in [6.45, 7) is 3.40. The molecule has 1 N–H and O–H groups in total. The number of thiophene rings is 1. The Morgan fingerprint density at radius 2 is 2.11 bits per heavy atom. The number of carboxylic acid groups (broad SMARTS) is 1. The highest BCUT2D eigenvalue weighted by Gasteiger charge is 2.26. The van der Waals surface area contributed by atoms with Crippen molar-refractivity contribution >= 4 is 33.3 Å². The van der Waals surface area contributed by atoms with Crippen LogP contribution in [0.25, 0.3) is 10.1 Å². The maximum atomic E-state index is 13.1. The van der Waals surface area contributed by atoms with Gasteiger partial charge in [-0.3, -0.25) is 14.5 Å². The molecular formula is C20H26N2O4S. The number of nitrogens with zero attached hydrogens (tertiary/aromatic N) is 2. The maximum Gasteiger partial charge on any atom is 0.317 e. The lowest BCUT2D eigenvalue weighted by Gasteiger charge is -2.25. The number of ether oxygens (including phenoxy) is 1. The van der Waals surface area contributed by atoms with Crippen LogP contribution in [0.5, 0.6) is 5.75 Å². The van der Waals surface area contributed by atoms with Gasteiger partial charge in [-0.15, -0.1) is 11.3 Å². The Morgan fingerprint density at radius 1 is 1.33 bits per heavy atom. The summed E-state index contributed by atoms with van der Waals surface area (Å²) in [5.41, 5.74) is 1.00. The lowest BCUT2D eigenvalue weighted by Crippen LogP contribution is -2.37. The van der Waals surface area contributed by atoms with Crippen molar-refractivity contribution in [2.45, 2.75) is 32.2 Å². The SMILES string of the molecule is COc1ccc2sc(C(=O)N3CCC[C@@H](N(C)CC(=O)O)CC3)c(C)c2c1. The van der Waals surface area contributed by atoms with E-state index in [9.17, 15) is 9.59 Å². The lowest BCUT2D eigenvalue weighted by molar-refractivity contribution is -0.138. The number of aliphatic carboxylic acids is 1. The standard InChI is InChI=1S/C20H26N2O4S/c1-13-16-11-15(26-3)6-7-17(16)27-19(13)20(25)22-9-4-5-14(8-10-22)21(2)12-18(23)24/h6-7,11,14H,4-5,8-10,12H2,1-3H3,(H,23,24)/t14-/m1/s1. The zero-order chi connectivity index (χ0) is 19.6. The first-order chi connectivity index (χ1) is 12.9. The number of rotatable bonds is 5. The van der Waals surface area contributed by atoms with Crippen LogP contribution in [0.2, 0.25) is 0 Å². The van der Waals surface area contributed by atoms with Gasteiger partial charge in [0.05, 0.1) is 18.5 Å². The number of carbonyl (C=O) groups is 2. The molecule has 0 saturated carbocycles. The molecule has 0 radical (unpaired) electrons. The molecule has 0 aliphatic carbocycles. The number of benzene rings is 1. The molecule has 1 saturated heterocycles. The van der Waals surface area contributed by atoms with Crippen LogP contribution in [0, 0.1) is 6.92 Å². The number of carboxylic acids is 1. The third-order valence-corrected chi connectivity index (χ3v) is 6.59. The van der Waals surface area contributed by atoms with Crippen molar-refractivity contribution in [3.05, 3.63) is 28.6 Å². The quantitative estimate of drug-likeness (QED) is 0.849. The summed E-state index contributed by atoms with van der Waals surface area (Å²) in [4.78, 5) is 28.7. The molecule has 7 heteroatoms. The van der Waals surface area contributed by atoms with E-state index in [1.807, 2.05) is 42.0 Å². The normalized spacial score (nSPS) is 17.9. The zero-order valence-electron chi connectivity index (χ0n) is 16.0. The molecule has 3 rings (SSSR count). The van der Waals surface area contributed by atoms with Crippen LogP contribution >= 0.6 is 11.3 Å². The van der Waals surface area contributed by atoms with Gasteiger partial charge in [-0.1, -0.05) is 0 Å². The fourth-order valence-corrected chi connectivity index (χ4v) is 4.90. The van der Waals surface area contributed by atoms with Gasteiger partial charge in [-0.05, 0) is 62.4 Å². The summed E-state index contributed by atoms with van der Waals surface area (Å²) in [7, 11) is 3.49. The van der Waals surface area contributed by atoms with Crippen molar-refractivity contribution in [2.75, 3.05) is 33.8 Å². The molecule has 0 spiro atoms. The second-order valence-electron chi connectivity index (χ2n) is 7.10. The highest BCUT2D eigenvalue weighted by atomic mass is 32.1. The summed E-state index contributed by atoms with van der Waals surface area (Å²) in [6, 6.07) is 6.10. The molecule has 27 heavy (non-hydrogen) atoms. The van der Waals surface area contributed by atoms with Crippen molar-refractivity contribution in [1.29, 1.82) is 0 Å². The van der Waals surface area contributed by atoms with E-state index in [0.717, 1.165) is 45.5 Å². The molecule has 2 aromatic rings. The number of aryl methyl sites for hydroxylation is 1. The summed E-state index contributed by atoms with van der Waals surface area (Å²) in [5, 5.41) is 10.1. The molecule has 0 bridgehead atoms. The van der Waals surface area contributed by atoms with Crippen LogP contribution in [-0.2, 0) is 4.79 Å². The minimum absolute atomic E-state index is 0.0376. The lowest BCUT2D eigenvalue weighted by atomic mass is 10.1. The molecule has 1 aromatic carbocycles. The molecule has 1 amide bonds. The molecule has 1 aliphatic heterocycles. The van der Waals surface area contributed by atoms with Crippen LogP contribution in [0.3, 0.4) is 0 Å². The number of hydrogen-bond donors (Lipinski definition) is 1. The first-order valence-corrected chi connectivity index (χ1v) is 10.0. The Balaban J connectivity index is 1.75. The Labute approximate surface area is 163 Å². The number of methoxy groups -OCH3 is 1. The number of carbonyl (C=O) groups excluding carboxylic acids is 1. The average molecular weight is 391 g/mol. The number of amides is 1. The van der Waals surface area contributed by atoms with Crippen LogP contribution in [0.15, 0.2) is 18.2 Å². The van der Waals surface area contributed by atoms with Crippen LogP contribution in [-0.4, -0.2) is 66.6 Å². The summed E-state index contributed by atoms with van der Waals surface area (Å²) in [6.07, 6.45) is 2.60. The van der Waals surface area contributed by atoms with Crippen molar-refractivity contribution in [1.82, 2.24) is 9.80 Å². The minimum atomic E-state index is -0.814.